The van der Waals surface area contributed by atoms with Gasteiger partial charge in [0, 0.05) is 10.2 Å². The van der Waals surface area contributed by atoms with Crippen LogP contribution in [0.5, 0.6) is 0 Å². The van der Waals surface area contributed by atoms with Crippen molar-refractivity contribution in [2.75, 3.05) is 18.0 Å². The molecule has 0 radical (unpaired) electrons. The maximum atomic E-state index is 13.6. The Labute approximate surface area is 176 Å². The van der Waals surface area contributed by atoms with Crippen molar-refractivity contribution in [1.82, 2.24) is 5.32 Å². The molecule has 1 fully saturated rings. The molecule has 29 heavy (non-hydrogen) atoms. The Bertz CT molecular complexity index is 1080. The van der Waals surface area contributed by atoms with Crippen LogP contribution in [0.25, 0.3) is 0 Å². The van der Waals surface area contributed by atoms with Gasteiger partial charge in [-0.15, -0.1) is 0 Å². The average Bonchev–Trinajstić information content (AvgIpc) is 2.92. The predicted molar refractivity (Wildman–Crippen MR) is 110 cm³/mol. The standard InChI is InChI=1S/C20H19BrN2O5S/c21-13-5-7-14(8-6-13)29(27,28)17(18(24)25)23-16-4-2-1-3-15(16)20(19(23)26)9-11-22-12-10-20/h1-8,17,22H,9-12H2,(H,24,25). The van der Waals surface area contributed by atoms with Gasteiger partial charge < -0.3 is 10.4 Å². The van der Waals surface area contributed by atoms with Gasteiger partial charge in [-0.25, -0.2) is 13.2 Å². The van der Waals surface area contributed by atoms with Gasteiger partial charge in [-0.1, -0.05) is 34.1 Å². The zero-order chi connectivity index (χ0) is 20.8. The molecule has 152 valence electrons. The van der Waals surface area contributed by atoms with Crippen LogP contribution < -0.4 is 10.2 Å². The summed E-state index contributed by atoms with van der Waals surface area (Å²) in [5, 5.41) is 11.1. The number of aliphatic carboxylic acids is 1. The summed E-state index contributed by atoms with van der Waals surface area (Å²) in [6.07, 6.45) is 0.980. The van der Waals surface area contributed by atoms with Crippen molar-refractivity contribution in [2.24, 2.45) is 0 Å². The van der Waals surface area contributed by atoms with Gasteiger partial charge in [-0.05, 0) is 61.8 Å². The Kier molecular flexibility index (Phi) is 5.00. The number of hydrogen-bond acceptors (Lipinski definition) is 5. The molecule has 0 aliphatic carbocycles. The highest BCUT2D eigenvalue weighted by molar-refractivity contribution is 9.10. The summed E-state index contributed by atoms with van der Waals surface area (Å²) in [6.45, 7) is 1.20. The number of piperidine rings is 1. The van der Waals surface area contributed by atoms with Gasteiger partial charge in [0.2, 0.25) is 21.1 Å². The lowest BCUT2D eigenvalue weighted by Crippen LogP contribution is -2.54. The third-order valence-corrected chi connectivity index (χ3v) is 8.10. The normalized spacial score (nSPS) is 19.2. The van der Waals surface area contributed by atoms with Crippen LogP contribution in [0.4, 0.5) is 5.69 Å². The largest absolute Gasteiger partial charge is 0.479 e. The van der Waals surface area contributed by atoms with Crippen molar-refractivity contribution in [3.8, 4) is 0 Å². The van der Waals surface area contributed by atoms with E-state index in [1.165, 1.54) is 24.3 Å². The average molecular weight is 479 g/mol. The molecule has 2 aromatic carbocycles. The van der Waals surface area contributed by atoms with Crippen LogP contribution in [0.15, 0.2) is 57.9 Å². The maximum Gasteiger partial charge on any atom is 0.343 e. The third-order valence-electron chi connectivity index (χ3n) is 5.65. The van der Waals surface area contributed by atoms with Gasteiger partial charge in [0.1, 0.15) is 0 Å². The molecule has 2 aliphatic rings. The molecule has 2 aliphatic heterocycles. The first-order valence-corrected chi connectivity index (χ1v) is 11.5. The molecule has 9 heteroatoms. The quantitative estimate of drug-likeness (QED) is 0.698. The van der Waals surface area contributed by atoms with Crippen LogP contribution in [-0.2, 0) is 24.8 Å². The number of carboxylic acid groups (broad SMARTS) is 1. The van der Waals surface area contributed by atoms with E-state index in [2.05, 4.69) is 21.2 Å². The molecule has 2 aromatic rings. The molecule has 4 rings (SSSR count). The number of rotatable bonds is 4. The van der Waals surface area contributed by atoms with Crippen LogP contribution in [0.2, 0.25) is 0 Å². The van der Waals surface area contributed by atoms with E-state index in [1.54, 1.807) is 24.3 Å². The van der Waals surface area contributed by atoms with Crippen LogP contribution in [0.1, 0.15) is 18.4 Å². The van der Waals surface area contributed by atoms with Crippen molar-refractivity contribution in [3.05, 3.63) is 58.6 Å². The highest BCUT2D eigenvalue weighted by Crippen LogP contribution is 2.48. The summed E-state index contributed by atoms with van der Waals surface area (Å²) in [6, 6.07) is 12.6. The lowest BCUT2D eigenvalue weighted by Gasteiger charge is -2.34. The second-order valence-electron chi connectivity index (χ2n) is 7.21. The van der Waals surface area contributed by atoms with Crippen molar-refractivity contribution < 1.29 is 23.1 Å². The third kappa shape index (κ3) is 3.08. The minimum Gasteiger partial charge on any atom is -0.479 e. The van der Waals surface area contributed by atoms with Gasteiger partial charge in [0.05, 0.1) is 10.3 Å². The zero-order valence-electron chi connectivity index (χ0n) is 15.3. The van der Waals surface area contributed by atoms with Gasteiger partial charge in [-0.2, -0.15) is 0 Å². The van der Waals surface area contributed by atoms with E-state index in [-0.39, 0.29) is 4.90 Å². The number of amides is 1. The van der Waals surface area contributed by atoms with Crippen molar-refractivity contribution in [1.29, 1.82) is 0 Å². The van der Waals surface area contributed by atoms with E-state index in [9.17, 15) is 23.1 Å². The van der Waals surface area contributed by atoms with Gasteiger partial charge in [0.25, 0.3) is 0 Å². The minimum absolute atomic E-state index is 0.148. The summed E-state index contributed by atoms with van der Waals surface area (Å²) in [5.41, 5.74) is 0.154. The predicted octanol–water partition coefficient (Wildman–Crippen LogP) is 2.30. The number of anilines is 1. The van der Waals surface area contributed by atoms with Crippen LogP contribution in [-0.4, -0.2) is 43.9 Å². The first-order chi connectivity index (χ1) is 13.8. The number of hydrogen-bond donors (Lipinski definition) is 2. The van der Waals surface area contributed by atoms with E-state index < -0.39 is 32.5 Å². The SMILES string of the molecule is O=C(O)C(N1C(=O)C2(CCNCC2)c2ccccc21)S(=O)(=O)c1ccc(Br)cc1. The maximum absolute atomic E-state index is 13.6. The van der Waals surface area contributed by atoms with Crippen molar-refractivity contribution >= 4 is 43.3 Å². The second kappa shape index (κ2) is 7.23. The molecular formula is C20H19BrN2O5S. The summed E-state index contributed by atoms with van der Waals surface area (Å²) in [4.78, 5) is 26.6. The first kappa shape index (κ1) is 20.1. The molecule has 1 spiro atoms. The van der Waals surface area contributed by atoms with Crippen molar-refractivity contribution in [2.45, 2.75) is 28.5 Å². The first-order valence-electron chi connectivity index (χ1n) is 9.15. The number of benzene rings is 2. The number of fused-ring (bicyclic) bond motifs is 2. The molecule has 7 nitrogen and oxygen atoms in total. The molecule has 1 unspecified atom stereocenters. The highest BCUT2D eigenvalue weighted by atomic mass is 79.9. The summed E-state index contributed by atoms with van der Waals surface area (Å²) >= 11 is 3.24. The lowest BCUT2D eigenvalue weighted by atomic mass is 9.74. The van der Waals surface area contributed by atoms with Crippen LogP contribution in [0, 0.1) is 0 Å². The summed E-state index contributed by atoms with van der Waals surface area (Å²) < 4.78 is 27.3. The number of carbonyl (C=O) groups excluding carboxylic acids is 1. The fraction of sp³-hybridized carbons (Fsp3) is 0.300. The Morgan fingerprint density at radius 2 is 1.72 bits per heavy atom. The monoisotopic (exact) mass is 478 g/mol. The van der Waals surface area contributed by atoms with E-state index in [0.29, 0.717) is 41.7 Å². The highest BCUT2D eigenvalue weighted by Gasteiger charge is 2.56. The zero-order valence-corrected chi connectivity index (χ0v) is 17.7. The Hall–Kier alpha value is -2.23. The Balaban J connectivity index is 1.88. The van der Waals surface area contributed by atoms with Gasteiger partial charge in [0.15, 0.2) is 0 Å². The van der Waals surface area contributed by atoms with Crippen LogP contribution >= 0.6 is 15.9 Å². The smallest absolute Gasteiger partial charge is 0.343 e. The number of nitrogens with zero attached hydrogens (tertiary/aromatic N) is 1. The molecule has 1 saturated heterocycles. The van der Waals surface area contributed by atoms with E-state index in [1.807, 2.05) is 0 Å². The number of carboxylic acids is 1. The fourth-order valence-corrected chi connectivity index (χ4v) is 6.04. The Morgan fingerprint density at radius 3 is 2.34 bits per heavy atom. The van der Waals surface area contributed by atoms with E-state index >= 15 is 0 Å². The molecule has 0 aromatic heterocycles. The number of halogens is 1. The molecule has 0 saturated carbocycles. The minimum atomic E-state index is -4.36. The number of sulfone groups is 1. The van der Waals surface area contributed by atoms with E-state index in [4.69, 9.17) is 0 Å². The second-order valence-corrected chi connectivity index (χ2v) is 10.1. The molecular weight excluding hydrogens is 460 g/mol. The van der Waals surface area contributed by atoms with Crippen molar-refractivity contribution in [3.63, 3.8) is 0 Å². The fourth-order valence-electron chi connectivity index (χ4n) is 4.25. The number of carbonyl (C=O) groups is 2. The van der Waals surface area contributed by atoms with Gasteiger partial charge in [-0.3, -0.25) is 9.69 Å². The molecule has 1 atom stereocenters. The topological polar surface area (TPSA) is 104 Å². The molecule has 2 N–H and O–H groups in total. The van der Waals surface area contributed by atoms with E-state index in [0.717, 1.165) is 4.90 Å². The van der Waals surface area contributed by atoms with Crippen LogP contribution in [0.3, 0.4) is 0 Å². The van der Waals surface area contributed by atoms with Gasteiger partial charge >= 0.3 is 5.97 Å². The summed E-state index contributed by atoms with van der Waals surface area (Å²) in [5.74, 6) is -2.05. The number of nitrogens with one attached hydrogen (secondary N) is 1. The molecule has 2 heterocycles. The molecule has 0 bridgehead atoms. The Morgan fingerprint density at radius 1 is 1.10 bits per heavy atom. The lowest BCUT2D eigenvalue weighted by molar-refractivity contribution is -0.138. The number of para-hydroxylation sites is 1. The summed E-state index contributed by atoms with van der Waals surface area (Å²) in [7, 11) is -4.36. The molecule has 1 amide bonds.